The van der Waals surface area contributed by atoms with Crippen molar-refractivity contribution in [3.63, 3.8) is 0 Å². The maximum atomic E-state index is 5.40. The monoisotopic (exact) mass is 437 g/mol. The molecule has 3 rings (SSSR count). The summed E-state index contributed by atoms with van der Waals surface area (Å²) < 4.78 is 5.98. The average Bonchev–Trinajstić information content (AvgIpc) is 3.18. The van der Waals surface area contributed by atoms with Crippen LogP contribution in [0.2, 0.25) is 0 Å². The molecule has 0 unspecified atom stereocenters. The van der Waals surface area contributed by atoms with E-state index in [1.165, 1.54) is 14.7 Å². The molecule has 1 aromatic heterocycles. The van der Waals surface area contributed by atoms with E-state index in [4.69, 9.17) is 21.6 Å². The predicted molar refractivity (Wildman–Crippen MR) is 108 cm³/mol. The highest BCUT2D eigenvalue weighted by Crippen LogP contribution is 2.05. The van der Waals surface area contributed by atoms with E-state index in [1.807, 2.05) is 48.5 Å². The Kier molecular flexibility index (Phi) is 10.8. The number of hydrogen-bond donors (Lipinski definition) is 3. The minimum atomic E-state index is 0.566. The van der Waals surface area contributed by atoms with Gasteiger partial charge in [-0.3, -0.25) is 0 Å². The van der Waals surface area contributed by atoms with Crippen LogP contribution in [0.1, 0.15) is 16.7 Å². The first-order valence-corrected chi connectivity index (χ1v) is 8.67. The van der Waals surface area contributed by atoms with Gasteiger partial charge in [-0.1, -0.05) is 42.5 Å². The van der Waals surface area contributed by atoms with Gasteiger partial charge in [-0.2, -0.15) is 0 Å². The van der Waals surface area contributed by atoms with E-state index in [9.17, 15) is 0 Å². The van der Waals surface area contributed by atoms with Crippen LogP contribution in [-0.2, 0) is 19.6 Å². The third kappa shape index (κ3) is 8.83. The molecular formula is C19H24IN3O. The highest BCUT2D eigenvalue weighted by Gasteiger charge is 1.86. The SMILES string of the molecule is NCc1ccc(I)cc1.NCc1ccccc1.NCc1ccoc1. The number of hydrogen-bond acceptors (Lipinski definition) is 4. The molecule has 0 bridgehead atoms. The summed E-state index contributed by atoms with van der Waals surface area (Å²) in [5, 5.41) is 0. The molecule has 6 N–H and O–H groups in total. The molecule has 0 aliphatic rings. The summed E-state index contributed by atoms with van der Waals surface area (Å²) in [6, 6.07) is 20.0. The Labute approximate surface area is 157 Å². The largest absolute Gasteiger partial charge is 0.472 e. The molecular weight excluding hydrogens is 413 g/mol. The van der Waals surface area contributed by atoms with Crippen LogP contribution < -0.4 is 17.2 Å². The summed E-state index contributed by atoms with van der Waals surface area (Å²) in [4.78, 5) is 0. The number of benzene rings is 2. The fraction of sp³-hybridized carbons (Fsp3) is 0.158. The Bertz CT molecular complexity index is 640. The number of furan rings is 1. The van der Waals surface area contributed by atoms with Gasteiger partial charge < -0.3 is 21.6 Å². The summed E-state index contributed by atoms with van der Waals surface area (Å²) in [7, 11) is 0. The van der Waals surface area contributed by atoms with Gasteiger partial charge in [-0.05, 0) is 51.9 Å². The fourth-order valence-electron chi connectivity index (χ4n) is 1.64. The molecule has 2 aromatic carbocycles. The second kappa shape index (κ2) is 12.7. The van der Waals surface area contributed by atoms with Crippen LogP contribution in [0.15, 0.2) is 77.6 Å². The normalized spacial score (nSPS) is 9.33. The first-order chi connectivity index (χ1) is 11.7. The Morgan fingerprint density at radius 3 is 1.58 bits per heavy atom. The molecule has 128 valence electrons. The second-order valence-electron chi connectivity index (χ2n) is 4.86. The zero-order valence-electron chi connectivity index (χ0n) is 13.6. The average molecular weight is 437 g/mol. The zero-order chi connectivity index (χ0) is 17.6. The quantitative estimate of drug-likeness (QED) is 0.546. The highest BCUT2D eigenvalue weighted by atomic mass is 127. The van der Waals surface area contributed by atoms with Crippen molar-refractivity contribution in [2.75, 3.05) is 0 Å². The fourth-order valence-corrected chi connectivity index (χ4v) is 2.00. The molecule has 4 nitrogen and oxygen atoms in total. The molecule has 0 saturated heterocycles. The van der Waals surface area contributed by atoms with Gasteiger partial charge in [0.2, 0.25) is 0 Å². The van der Waals surface area contributed by atoms with Gasteiger partial charge in [0.1, 0.15) is 0 Å². The Morgan fingerprint density at radius 2 is 1.21 bits per heavy atom. The molecule has 0 spiro atoms. The molecule has 24 heavy (non-hydrogen) atoms. The van der Waals surface area contributed by atoms with E-state index in [2.05, 4.69) is 34.7 Å². The van der Waals surface area contributed by atoms with Crippen LogP contribution in [0.5, 0.6) is 0 Å². The van der Waals surface area contributed by atoms with Gasteiger partial charge in [0.25, 0.3) is 0 Å². The first kappa shape index (κ1) is 20.4. The van der Waals surface area contributed by atoms with E-state index in [-0.39, 0.29) is 0 Å². The van der Waals surface area contributed by atoms with Gasteiger partial charge in [0.05, 0.1) is 12.5 Å². The van der Waals surface area contributed by atoms with Gasteiger partial charge in [0.15, 0.2) is 0 Å². The molecule has 1 heterocycles. The molecule has 0 aliphatic carbocycles. The summed E-state index contributed by atoms with van der Waals surface area (Å²) in [5.74, 6) is 0. The third-order valence-electron chi connectivity index (χ3n) is 3.04. The van der Waals surface area contributed by atoms with E-state index in [0.29, 0.717) is 19.6 Å². The lowest BCUT2D eigenvalue weighted by molar-refractivity contribution is 0.564. The van der Waals surface area contributed by atoms with Crippen molar-refractivity contribution in [1.29, 1.82) is 0 Å². The Balaban J connectivity index is 0.000000181. The van der Waals surface area contributed by atoms with Crippen LogP contribution in [0, 0.1) is 3.57 Å². The Hall–Kier alpha value is -1.67. The Morgan fingerprint density at radius 1 is 0.667 bits per heavy atom. The smallest absolute Gasteiger partial charge is 0.0947 e. The van der Waals surface area contributed by atoms with Crippen molar-refractivity contribution in [1.82, 2.24) is 0 Å². The van der Waals surface area contributed by atoms with Crippen molar-refractivity contribution in [3.05, 3.63) is 93.5 Å². The molecule has 0 radical (unpaired) electrons. The minimum absolute atomic E-state index is 0.566. The minimum Gasteiger partial charge on any atom is -0.472 e. The van der Waals surface area contributed by atoms with Crippen molar-refractivity contribution < 1.29 is 4.42 Å². The van der Waals surface area contributed by atoms with Gasteiger partial charge in [-0.15, -0.1) is 0 Å². The predicted octanol–water partition coefficient (Wildman–Crippen LogP) is 3.63. The van der Waals surface area contributed by atoms with E-state index >= 15 is 0 Å². The molecule has 0 saturated carbocycles. The van der Waals surface area contributed by atoms with Crippen LogP contribution >= 0.6 is 22.6 Å². The number of rotatable bonds is 3. The summed E-state index contributed by atoms with van der Waals surface area (Å²) >= 11 is 2.27. The summed E-state index contributed by atoms with van der Waals surface area (Å²) in [5.41, 5.74) is 19.4. The first-order valence-electron chi connectivity index (χ1n) is 7.59. The van der Waals surface area contributed by atoms with Gasteiger partial charge in [0, 0.05) is 28.8 Å². The maximum absolute atomic E-state index is 5.40. The third-order valence-corrected chi connectivity index (χ3v) is 3.76. The van der Waals surface area contributed by atoms with E-state index < -0.39 is 0 Å². The number of nitrogens with two attached hydrogens (primary N) is 3. The van der Waals surface area contributed by atoms with Crippen molar-refractivity contribution in [2.45, 2.75) is 19.6 Å². The lowest BCUT2D eigenvalue weighted by Crippen LogP contribution is -1.94. The molecule has 0 atom stereocenters. The van der Waals surface area contributed by atoms with Crippen LogP contribution in [-0.4, -0.2) is 0 Å². The zero-order valence-corrected chi connectivity index (χ0v) is 15.7. The van der Waals surface area contributed by atoms with Crippen LogP contribution in [0.4, 0.5) is 0 Å². The topological polar surface area (TPSA) is 91.2 Å². The van der Waals surface area contributed by atoms with Gasteiger partial charge >= 0.3 is 0 Å². The molecule has 5 heteroatoms. The van der Waals surface area contributed by atoms with Crippen LogP contribution in [0.25, 0.3) is 0 Å². The van der Waals surface area contributed by atoms with E-state index in [0.717, 1.165) is 5.56 Å². The molecule has 0 aliphatic heterocycles. The standard InChI is InChI=1S/C7H8IN.C7H9N.C5H7NO/c8-7-3-1-6(5-9)2-4-7;8-6-7-4-2-1-3-5-7;6-3-5-1-2-7-4-5/h1-4H,5,9H2;1-5H,6,8H2;1-2,4H,3,6H2. The lowest BCUT2D eigenvalue weighted by atomic mass is 10.2. The van der Waals surface area contributed by atoms with Gasteiger partial charge in [-0.25, -0.2) is 0 Å². The van der Waals surface area contributed by atoms with Crippen LogP contribution in [0.3, 0.4) is 0 Å². The summed E-state index contributed by atoms with van der Waals surface area (Å²) in [6.45, 7) is 1.84. The van der Waals surface area contributed by atoms with Crippen molar-refractivity contribution in [3.8, 4) is 0 Å². The molecule has 0 fully saturated rings. The molecule has 3 aromatic rings. The number of halogens is 1. The summed E-state index contributed by atoms with van der Waals surface area (Å²) in [6.07, 6.45) is 3.25. The second-order valence-corrected chi connectivity index (χ2v) is 6.10. The highest BCUT2D eigenvalue weighted by molar-refractivity contribution is 14.1. The van der Waals surface area contributed by atoms with Crippen molar-refractivity contribution >= 4 is 22.6 Å². The lowest BCUT2D eigenvalue weighted by Gasteiger charge is -1.93. The maximum Gasteiger partial charge on any atom is 0.0947 e. The molecule has 0 amide bonds. The van der Waals surface area contributed by atoms with E-state index in [1.54, 1.807) is 12.5 Å². The van der Waals surface area contributed by atoms with Crippen molar-refractivity contribution in [2.24, 2.45) is 17.2 Å².